The molecule has 2 aromatic carbocycles. The molecular formula is C14H9F2NO3. The molecule has 0 saturated heterocycles. The van der Waals surface area contributed by atoms with E-state index in [4.69, 9.17) is 5.11 Å². The van der Waals surface area contributed by atoms with Crippen molar-refractivity contribution in [2.75, 3.05) is 5.32 Å². The van der Waals surface area contributed by atoms with Gasteiger partial charge in [0.2, 0.25) is 0 Å². The maximum absolute atomic E-state index is 13.5. The molecule has 6 heteroatoms. The number of nitrogens with one attached hydrogen (secondary N) is 1. The van der Waals surface area contributed by atoms with Crippen molar-refractivity contribution in [3.8, 4) is 0 Å². The molecule has 0 saturated carbocycles. The Morgan fingerprint density at radius 3 is 2.30 bits per heavy atom. The first kappa shape index (κ1) is 13.7. The highest BCUT2D eigenvalue weighted by atomic mass is 19.2. The second-order valence-electron chi connectivity index (χ2n) is 3.91. The minimum absolute atomic E-state index is 0.00802. The van der Waals surface area contributed by atoms with Crippen molar-refractivity contribution in [1.29, 1.82) is 0 Å². The number of carbonyl (C=O) groups is 2. The molecular weight excluding hydrogens is 268 g/mol. The van der Waals surface area contributed by atoms with Gasteiger partial charge in [0.05, 0.1) is 16.8 Å². The molecule has 0 fully saturated rings. The number of hydrogen-bond acceptors (Lipinski definition) is 2. The summed E-state index contributed by atoms with van der Waals surface area (Å²) in [5.41, 5.74) is -0.628. The van der Waals surface area contributed by atoms with Gasteiger partial charge in [0.1, 0.15) is 0 Å². The zero-order valence-electron chi connectivity index (χ0n) is 10.1. The number of rotatable bonds is 3. The lowest BCUT2D eigenvalue weighted by Crippen LogP contribution is -2.16. The predicted octanol–water partition coefficient (Wildman–Crippen LogP) is 2.92. The maximum atomic E-state index is 13.5. The lowest BCUT2D eigenvalue weighted by Gasteiger charge is -2.09. The van der Waals surface area contributed by atoms with Crippen molar-refractivity contribution in [3.05, 3.63) is 65.2 Å². The summed E-state index contributed by atoms with van der Waals surface area (Å²) in [6.07, 6.45) is 0. The number of carbonyl (C=O) groups excluding carboxylic acids is 1. The number of hydrogen-bond donors (Lipinski definition) is 2. The van der Waals surface area contributed by atoms with Gasteiger partial charge in [-0.25, -0.2) is 13.6 Å². The van der Waals surface area contributed by atoms with Crippen LogP contribution in [0.25, 0.3) is 0 Å². The van der Waals surface area contributed by atoms with Crippen LogP contribution in [-0.2, 0) is 0 Å². The average molecular weight is 277 g/mol. The van der Waals surface area contributed by atoms with Crippen LogP contribution in [0.15, 0.2) is 42.5 Å². The number of carboxylic acid groups (broad SMARTS) is 1. The standard InChI is InChI=1S/C14H9F2NO3/c15-10-6-3-5-9(12(10)16)13(18)17-11-7-2-1-4-8(11)14(19)20/h1-7H,(H,17,18)(H,19,20). The largest absolute Gasteiger partial charge is 0.478 e. The van der Waals surface area contributed by atoms with Gasteiger partial charge in [-0.3, -0.25) is 4.79 Å². The Hall–Kier alpha value is -2.76. The average Bonchev–Trinajstić information content (AvgIpc) is 2.42. The van der Waals surface area contributed by atoms with Crippen LogP contribution in [-0.4, -0.2) is 17.0 Å². The molecule has 0 aliphatic heterocycles. The lowest BCUT2D eigenvalue weighted by molar-refractivity contribution is 0.0698. The van der Waals surface area contributed by atoms with Gasteiger partial charge in [-0.1, -0.05) is 18.2 Å². The van der Waals surface area contributed by atoms with Gasteiger partial charge >= 0.3 is 5.97 Å². The Kier molecular flexibility index (Phi) is 3.74. The molecule has 0 aliphatic carbocycles. The van der Waals surface area contributed by atoms with E-state index in [9.17, 15) is 18.4 Å². The van der Waals surface area contributed by atoms with Crippen LogP contribution in [0.5, 0.6) is 0 Å². The number of benzene rings is 2. The smallest absolute Gasteiger partial charge is 0.337 e. The van der Waals surface area contributed by atoms with Crippen LogP contribution >= 0.6 is 0 Å². The molecule has 2 rings (SSSR count). The Bertz CT molecular complexity index is 686. The van der Waals surface area contributed by atoms with Crippen LogP contribution < -0.4 is 5.32 Å². The van der Waals surface area contributed by atoms with Crippen molar-refractivity contribution in [2.24, 2.45) is 0 Å². The molecule has 0 unspecified atom stereocenters. The molecule has 0 atom stereocenters. The topological polar surface area (TPSA) is 66.4 Å². The molecule has 102 valence electrons. The van der Waals surface area contributed by atoms with Crippen molar-refractivity contribution < 1.29 is 23.5 Å². The van der Waals surface area contributed by atoms with Crippen molar-refractivity contribution >= 4 is 17.6 Å². The first-order valence-electron chi connectivity index (χ1n) is 5.58. The van der Waals surface area contributed by atoms with E-state index >= 15 is 0 Å². The summed E-state index contributed by atoms with van der Waals surface area (Å²) in [4.78, 5) is 22.8. The third kappa shape index (κ3) is 2.64. The van der Waals surface area contributed by atoms with E-state index < -0.39 is 29.1 Å². The van der Waals surface area contributed by atoms with Gasteiger partial charge in [0.15, 0.2) is 11.6 Å². The van der Waals surface area contributed by atoms with Gasteiger partial charge in [-0.05, 0) is 24.3 Å². The number of halogens is 2. The van der Waals surface area contributed by atoms with Gasteiger partial charge in [0.25, 0.3) is 5.91 Å². The minimum atomic E-state index is -1.28. The predicted molar refractivity (Wildman–Crippen MR) is 67.7 cm³/mol. The number of carboxylic acids is 1. The molecule has 0 aromatic heterocycles. The summed E-state index contributed by atoms with van der Waals surface area (Å²) in [6, 6.07) is 8.84. The summed E-state index contributed by atoms with van der Waals surface area (Å²) in [7, 11) is 0. The van der Waals surface area contributed by atoms with E-state index in [-0.39, 0.29) is 11.3 Å². The molecule has 1 amide bonds. The molecule has 0 spiro atoms. The third-order valence-electron chi connectivity index (χ3n) is 2.60. The maximum Gasteiger partial charge on any atom is 0.337 e. The Labute approximate surface area is 112 Å². The molecule has 2 N–H and O–H groups in total. The normalized spacial score (nSPS) is 10.1. The van der Waals surface area contributed by atoms with Crippen molar-refractivity contribution in [3.63, 3.8) is 0 Å². The SMILES string of the molecule is O=C(O)c1ccccc1NC(=O)c1cccc(F)c1F. The second kappa shape index (κ2) is 5.48. The van der Waals surface area contributed by atoms with E-state index in [0.717, 1.165) is 12.1 Å². The fourth-order valence-electron chi connectivity index (χ4n) is 1.65. The monoisotopic (exact) mass is 277 g/mol. The van der Waals surface area contributed by atoms with Crippen LogP contribution in [0.1, 0.15) is 20.7 Å². The first-order valence-corrected chi connectivity index (χ1v) is 5.58. The van der Waals surface area contributed by atoms with Crippen LogP contribution in [0.3, 0.4) is 0 Å². The summed E-state index contributed by atoms with van der Waals surface area (Å²) >= 11 is 0. The van der Waals surface area contributed by atoms with Gasteiger partial charge in [-0.2, -0.15) is 0 Å². The Balaban J connectivity index is 2.33. The summed E-state index contributed by atoms with van der Waals surface area (Å²) < 4.78 is 26.5. The van der Waals surface area contributed by atoms with E-state index in [2.05, 4.69) is 5.32 Å². The number of anilines is 1. The van der Waals surface area contributed by atoms with E-state index in [0.29, 0.717) is 0 Å². The molecule has 0 heterocycles. The highest BCUT2D eigenvalue weighted by Crippen LogP contribution is 2.18. The Morgan fingerprint density at radius 1 is 0.950 bits per heavy atom. The van der Waals surface area contributed by atoms with Gasteiger partial charge in [-0.15, -0.1) is 0 Å². The third-order valence-corrected chi connectivity index (χ3v) is 2.60. The Morgan fingerprint density at radius 2 is 1.60 bits per heavy atom. The quantitative estimate of drug-likeness (QED) is 0.906. The van der Waals surface area contributed by atoms with Gasteiger partial charge in [0, 0.05) is 0 Å². The fourth-order valence-corrected chi connectivity index (χ4v) is 1.65. The molecule has 20 heavy (non-hydrogen) atoms. The fraction of sp³-hybridized carbons (Fsp3) is 0. The number of para-hydroxylation sites is 1. The molecule has 0 aliphatic rings. The van der Waals surface area contributed by atoms with Crippen LogP contribution in [0, 0.1) is 11.6 Å². The van der Waals surface area contributed by atoms with Crippen LogP contribution in [0.4, 0.5) is 14.5 Å². The molecule has 0 radical (unpaired) electrons. The summed E-state index contributed by atoms with van der Waals surface area (Å²) in [5, 5.41) is 11.2. The summed E-state index contributed by atoms with van der Waals surface area (Å²) in [6.45, 7) is 0. The number of amides is 1. The highest BCUT2D eigenvalue weighted by Gasteiger charge is 2.17. The number of aromatic carboxylic acids is 1. The summed E-state index contributed by atoms with van der Waals surface area (Å²) in [5.74, 6) is -4.58. The lowest BCUT2D eigenvalue weighted by atomic mass is 10.1. The second-order valence-corrected chi connectivity index (χ2v) is 3.91. The van der Waals surface area contributed by atoms with Crippen molar-refractivity contribution in [1.82, 2.24) is 0 Å². The molecule has 4 nitrogen and oxygen atoms in total. The molecule has 0 bridgehead atoms. The zero-order valence-corrected chi connectivity index (χ0v) is 10.1. The van der Waals surface area contributed by atoms with Crippen molar-refractivity contribution in [2.45, 2.75) is 0 Å². The van der Waals surface area contributed by atoms with Gasteiger partial charge < -0.3 is 10.4 Å². The zero-order chi connectivity index (χ0) is 14.7. The highest BCUT2D eigenvalue weighted by molar-refractivity contribution is 6.07. The molecule has 2 aromatic rings. The minimum Gasteiger partial charge on any atom is -0.478 e. The van der Waals surface area contributed by atoms with E-state index in [1.807, 2.05) is 0 Å². The van der Waals surface area contributed by atoms with E-state index in [1.165, 1.54) is 30.3 Å². The van der Waals surface area contributed by atoms with E-state index in [1.54, 1.807) is 0 Å². The first-order chi connectivity index (χ1) is 9.50. The van der Waals surface area contributed by atoms with Crippen LogP contribution in [0.2, 0.25) is 0 Å².